The van der Waals surface area contributed by atoms with Gasteiger partial charge in [-0.1, -0.05) is 23.8 Å². The van der Waals surface area contributed by atoms with Gasteiger partial charge in [0, 0.05) is 56.9 Å². The maximum Gasteiger partial charge on any atom is 0.433 e. The van der Waals surface area contributed by atoms with Gasteiger partial charge in [-0.3, -0.25) is 19.6 Å². The molecule has 1 saturated heterocycles. The minimum absolute atomic E-state index is 0.0777. The van der Waals surface area contributed by atoms with Crippen LogP contribution in [0.4, 0.5) is 18.9 Å². The summed E-state index contributed by atoms with van der Waals surface area (Å²) < 4.78 is 40.2. The van der Waals surface area contributed by atoms with Crippen LogP contribution in [0.2, 0.25) is 5.02 Å². The van der Waals surface area contributed by atoms with Crippen molar-refractivity contribution in [2.75, 3.05) is 38.5 Å². The maximum atomic E-state index is 13.4. The quantitative estimate of drug-likeness (QED) is 0.204. The minimum Gasteiger partial charge on any atom is -0.340 e. The molecule has 1 heterocycles. The number of carbonyl (C=O) groups is 2. The van der Waals surface area contributed by atoms with Crippen LogP contribution in [0.3, 0.4) is 0 Å². The van der Waals surface area contributed by atoms with Crippen molar-refractivity contribution in [2.24, 2.45) is 15.0 Å². The number of amides is 2. The highest BCUT2D eigenvalue weighted by atomic mass is 35.5. The smallest absolute Gasteiger partial charge is 0.340 e. The number of hydrogen-bond donors (Lipinski definition) is 3. The summed E-state index contributed by atoms with van der Waals surface area (Å²) in [6.45, 7) is 10.6. The Bertz CT molecular complexity index is 1320. The molecule has 2 rings (SSSR count). The van der Waals surface area contributed by atoms with Gasteiger partial charge in [0.2, 0.25) is 5.91 Å². The highest BCUT2D eigenvalue weighted by Crippen LogP contribution is 2.26. The zero-order chi connectivity index (χ0) is 31.4. The van der Waals surface area contributed by atoms with Gasteiger partial charge in [-0.25, -0.2) is 4.99 Å². The Hall–Kier alpha value is -3.77. The highest BCUT2D eigenvalue weighted by Gasteiger charge is 2.37. The number of halogens is 4. The van der Waals surface area contributed by atoms with E-state index in [1.54, 1.807) is 37.8 Å². The van der Waals surface area contributed by atoms with Crippen molar-refractivity contribution in [2.45, 2.75) is 46.8 Å². The van der Waals surface area contributed by atoms with Gasteiger partial charge < -0.3 is 20.9 Å². The van der Waals surface area contributed by atoms with Gasteiger partial charge in [0.15, 0.2) is 5.84 Å². The first-order valence-corrected chi connectivity index (χ1v) is 13.7. The topological polar surface area (TPSA) is 111 Å². The molecule has 1 aromatic rings. The van der Waals surface area contributed by atoms with Crippen molar-refractivity contribution in [1.82, 2.24) is 15.5 Å². The fourth-order valence-corrected chi connectivity index (χ4v) is 4.32. The molecule has 42 heavy (non-hydrogen) atoms. The van der Waals surface area contributed by atoms with Gasteiger partial charge in [-0.2, -0.15) is 13.2 Å². The van der Waals surface area contributed by atoms with Crippen LogP contribution < -0.4 is 16.0 Å². The summed E-state index contributed by atoms with van der Waals surface area (Å²) >= 11 is 6.43. The second-order valence-electron chi connectivity index (χ2n) is 9.35. The number of amidine groups is 1. The highest BCUT2D eigenvalue weighted by molar-refractivity contribution is 6.45. The molecule has 228 valence electrons. The van der Waals surface area contributed by atoms with E-state index in [1.807, 2.05) is 0 Å². The zero-order valence-electron chi connectivity index (χ0n) is 24.6. The number of aliphatic imine (C=N–C) groups is 3. The van der Waals surface area contributed by atoms with E-state index in [0.717, 1.165) is 7.05 Å². The zero-order valence-corrected chi connectivity index (χ0v) is 25.3. The molecule has 1 atom stereocenters. The molecule has 1 fully saturated rings. The van der Waals surface area contributed by atoms with Crippen molar-refractivity contribution in [3.8, 4) is 0 Å². The Morgan fingerprint density at radius 1 is 1.14 bits per heavy atom. The van der Waals surface area contributed by atoms with Crippen LogP contribution in [0.15, 0.2) is 68.9 Å². The molecule has 13 heteroatoms. The van der Waals surface area contributed by atoms with Gasteiger partial charge in [0.25, 0.3) is 5.91 Å². The average Bonchev–Trinajstić information content (AvgIpc) is 2.95. The van der Waals surface area contributed by atoms with Crippen LogP contribution in [0.1, 0.15) is 45.0 Å². The Balaban J connectivity index is 2.22. The van der Waals surface area contributed by atoms with Crippen molar-refractivity contribution < 1.29 is 22.8 Å². The van der Waals surface area contributed by atoms with Crippen molar-refractivity contribution in [3.05, 3.63) is 64.5 Å². The first-order chi connectivity index (χ1) is 19.8. The van der Waals surface area contributed by atoms with E-state index in [2.05, 4.69) is 30.9 Å². The summed E-state index contributed by atoms with van der Waals surface area (Å²) in [4.78, 5) is 39.3. The number of carbonyl (C=O) groups excluding carboxylic acids is 2. The largest absolute Gasteiger partial charge is 0.433 e. The molecule has 1 aromatic carbocycles. The van der Waals surface area contributed by atoms with E-state index in [9.17, 15) is 22.8 Å². The van der Waals surface area contributed by atoms with E-state index in [-0.39, 0.29) is 27.6 Å². The summed E-state index contributed by atoms with van der Waals surface area (Å²) in [5.74, 6) is -0.346. The molecule has 3 N–H and O–H groups in total. The van der Waals surface area contributed by atoms with E-state index < -0.39 is 23.8 Å². The third-order valence-corrected chi connectivity index (χ3v) is 6.54. The fourth-order valence-electron chi connectivity index (χ4n) is 4.05. The first-order valence-electron chi connectivity index (χ1n) is 13.3. The summed E-state index contributed by atoms with van der Waals surface area (Å²) in [6.07, 6.45) is 1.27. The van der Waals surface area contributed by atoms with E-state index in [1.165, 1.54) is 44.5 Å². The Labute approximate surface area is 249 Å². The fraction of sp³-hybridized carbons (Fsp3) is 0.414. The van der Waals surface area contributed by atoms with E-state index in [4.69, 9.17) is 11.6 Å². The summed E-state index contributed by atoms with van der Waals surface area (Å²) in [6, 6.07) is 3.95. The molecule has 1 aliphatic heterocycles. The third kappa shape index (κ3) is 9.66. The number of hydrogen-bond acceptors (Lipinski definition) is 6. The average molecular weight is 608 g/mol. The molecule has 0 aliphatic carbocycles. The molecule has 1 unspecified atom stereocenters. The predicted molar refractivity (Wildman–Crippen MR) is 164 cm³/mol. The molecule has 0 radical (unpaired) electrons. The normalized spacial score (nSPS) is 17.0. The third-order valence-electron chi connectivity index (χ3n) is 6.23. The summed E-state index contributed by atoms with van der Waals surface area (Å²) in [5, 5.41) is 9.11. The molecular formula is C29H37ClF3N7O2. The number of nitrogens with one attached hydrogen (secondary N) is 3. The second-order valence-corrected chi connectivity index (χ2v) is 9.76. The Kier molecular flexibility index (Phi) is 13.1. The number of benzene rings is 1. The SMILES string of the molecule is C/C=C\N=C(Nc1ccc(C(=O)NC(C)C(=O)N2CCNCC2)c(Cl)c1)C(C)=N/C=C(C)/C(=C/C)C(=NC)C(F)(F)F. The number of rotatable bonds is 9. The van der Waals surface area contributed by atoms with Crippen LogP contribution in [-0.4, -0.2) is 79.4 Å². The van der Waals surface area contributed by atoms with Gasteiger partial charge >= 0.3 is 6.18 Å². The number of allylic oxidation sites excluding steroid dienone is 4. The van der Waals surface area contributed by atoms with Gasteiger partial charge in [-0.15, -0.1) is 0 Å². The van der Waals surface area contributed by atoms with Crippen LogP contribution in [-0.2, 0) is 4.79 Å². The van der Waals surface area contributed by atoms with Crippen LogP contribution >= 0.6 is 11.6 Å². The van der Waals surface area contributed by atoms with Gasteiger partial charge in [0.05, 0.1) is 16.3 Å². The minimum atomic E-state index is -4.61. The van der Waals surface area contributed by atoms with Crippen molar-refractivity contribution >= 4 is 46.4 Å². The van der Waals surface area contributed by atoms with E-state index >= 15 is 0 Å². The molecule has 9 nitrogen and oxygen atoms in total. The van der Waals surface area contributed by atoms with Crippen molar-refractivity contribution in [1.29, 1.82) is 0 Å². The Morgan fingerprint density at radius 2 is 1.81 bits per heavy atom. The van der Waals surface area contributed by atoms with Gasteiger partial charge in [-0.05, 0) is 58.4 Å². The Morgan fingerprint density at radius 3 is 2.36 bits per heavy atom. The monoisotopic (exact) mass is 607 g/mol. The molecular weight excluding hydrogens is 571 g/mol. The standard InChI is InChI=1S/C29H37ClF3N7O2/c1-7-11-36-26(19(4)37-17-18(3)22(8-2)25(34-6)29(31,32)33)39-21-9-10-23(24(30)16-21)27(41)38-20(5)28(42)40-14-12-35-13-15-40/h7-11,16-17,20,35H,12-15H2,1-6H3,(H,36,39)(H,38,41)/b11-7-,18-17+,22-8-,34-25?,37-19?. The molecule has 2 amide bonds. The maximum absolute atomic E-state index is 13.4. The number of anilines is 1. The lowest BCUT2D eigenvalue weighted by molar-refractivity contribution is -0.133. The first kappa shape index (κ1) is 34.4. The summed E-state index contributed by atoms with van der Waals surface area (Å²) in [5.41, 5.74) is 0.257. The molecule has 0 aromatic heterocycles. The lowest BCUT2D eigenvalue weighted by atomic mass is 10.0. The predicted octanol–water partition coefficient (Wildman–Crippen LogP) is 5.18. The van der Waals surface area contributed by atoms with Crippen LogP contribution in [0.5, 0.6) is 0 Å². The lowest BCUT2D eigenvalue weighted by Gasteiger charge is -2.30. The number of alkyl halides is 3. The van der Waals surface area contributed by atoms with Crippen molar-refractivity contribution in [3.63, 3.8) is 0 Å². The number of piperazine rings is 1. The van der Waals surface area contributed by atoms with Crippen LogP contribution in [0, 0.1) is 0 Å². The van der Waals surface area contributed by atoms with Gasteiger partial charge in [0.1, 0.15) is 11.8 Å². The lowest BCUT2D eigenvalue weighted by Crippen LogP contribution is -2.53. The number of nitrogens with zero attached hydrogens (tertiary/aromatic N) is 4. The second kappa shape index (κ2) is 16.0. The van der Waals surface area contributed by atoms with Crippen LogP contribution in [0.25, 0.3) is 0 Å². The molecule has 0 bridgehead atoms. The molecule has 0 spiro atoms. The molecule has 0 saturated carbocycles. The molecule has 1 aliphatic rings. The summed E-state index contributed by atoms with van der Waals surface area (Å²) in [7, 11) is 1.09. The van der Waals surface area contributed by atoms with E-state index in [0.29, 0.717) is 43.4 Å².